The van der Waals surface area contributed by atoms with E-state index in [1.807, 2.05) is 0 Å². The number of rotatable bonds is 2. The zero-order chi connectivity index (χ0) is 14.1. The van der Waals surface area contributed by atoms with Gasteiger partial charge in [0, 0.05) is 12.1 Å². The lowest BCUT2D eigenvalue weighted by atomic mass is 9.86. The molecule has 1 rings (SSSR count). The van der Waals surface area contributed by atoms with Gasteiger partial charge in [-0.3, -0.25) is 0 Å². The van der Waals surface area contributed by atoms with Crippen molar-refractivity contribution in [2.75, 3.05) is 0 Å². The summed E-state index contributed by atoms with van der Waals surface area (Å²) in [7, 11) is 0. The molecule has 1 unspecified atom stereocenters. The molecule has 1 aliphatic rings. The smallest absolute Gasteiger partial charge is 0.00898 e. The van der Waals surface area contributed by atoms with E-state index < -0.39 is 0 Å². The van der Waals surface area contributed by atoms with E-state index in [0.29, 0.717) is 11.5 Å². The second-order valence-corrected chi connectivity index (χ2v) is 7.71. The Morgan fingerprint density at radius 3 is 1.47 bits per heavy atom. The van der Waals surface area contributed by atoms with Crippen molar-refractivity contribution in [3.63, 3.8) is 0 Å². The lowest BCUT2D eigenvalue weighted by Crippen LogP contribution is -2.43. The van der Waals surface area contributed by atoms with Crippen LogP contribution in [0.5, 0.6) is 0 Å². The molecule has 0 radical (unpaired) electrons. The first kappa shape index (κ1) is 17.0. The zero-order valence-electron chi connectivity index (χ0n) is 13.9. The van der Waals surface area contributed by atoms with Gasteiger partial charge >= 0.3 is 0 Å². The highest BCUT2D eigenvalue weighted by atomic mass is 15.0. The van der Waals surface area contributed by atoms with Crippen molar-refractivity contribution in [1.29, 1.82) is 0 Å². The van der Waals surface area contributed by atoms with Crippen LogP contribution in [-0.4, -0.2) is 12.1 Å². The standard InChI is InChI=1S/C18H37N/c1-16(18(2,3)4)19-17-14-12-10-8-6-5-7-9-11-13-15-17/h16-17,19H,5-15H2,1-4H3. The Morgan fingerprint density at radius 2 is 1.11 bits per heavy atom. The highest BCUT2D eigenvalue weighted by Crippen LogP contribution is 2.22. The normalized spacial score (nSPS) is 23.4. The van der Waals surface area contributed by atoms with E-state index in [-0.39, 0.29) is 0 Å². The van der Waals surface area contributed by atoms with E-state index in [0.717, 1.165) is 6.04 Å². The minimum Gasteiger partial charge on any atom is -0.311 e. The summed E-state index contributed by atoms with van der Waals surface area (Å²) in [5.41, 5.74) is 0.379. The summed E-state index contributed by atoms with van der Waals surface area (Å²) in [5, 5.41) is 3.91. The predicted molar refractivity (Wildman–Crippen MR) is 86.6 cm³/mol. The summed E-state index contributed by atoms with van der Waals surface area (Å²) in [6, 6.07) is 1.37. The van der Waals surface area contributed by atoms with Gasteiger partial charge in [-0.2, -0.15) is 0 Å². The number of hydrogen-bond donors (Lipinski definition) is 1. The zero-order valence-corrected chi connectivity index (χ0v) is 13.9. The Hall–Kier alpha value is -0.0400. The van der Waals surface area contributed by atoms with Gasteiger partial charge in [-0.15, -0.1) is 0 Å². The Balaban J connectivity index is 2.38. The molecule has 1 heteroatoms. The Morgan fingerprint density at radius 1 is 0.737 bits per heavy atom. The summed E-state index contributed by atoms with van der Waals surface area (Å²) in [6.45, 7) is 9.40. The molecule has 0 saturated heterocycles. The lowest BCUT2D eigenvalue weighted by molar-refractivity contribution is 0.247. The van der Waals surface area contributed by atoms with Crippen LogP contribution < -0.4 is 5.32 Å². The maximum absolute atomic E-state index is 3.91. The molecule has 19 heavy (non-hydrogen) atoms. The molecule has 0 spiro atoms. The molecule has 1 fully saturated rings. The van der Waals surface area contributed by atoms with Gasteiger partial charge in [0.25, 0.3) is 0 Å². The van der Waals surface area contributed by atoms with Crippen molar-refractivity contribution in [3.05, 3.63) is 0 Å². The molecule has 1 aliphatic carbocycles. The molecule has 0 heterocycles. The van der Waals surface area contributed by atoms with Crippen LogP contribution in [0.4, 0.5) is 0 Å². The van der Waals surface area contributed by atoms with E-state index in [2.05, 4.69) is 33.0 Å². The molecule has 1 saturated carbocycles. The second kappa shape index (κ2) is 9.00. The summed E-state index contributed by atoms with van der Waals surface area (Å²) in [6.07, 6.45) is 15.9. The van der Waals surface area contributed by atoms with Crippen LogP contribution in [0.3, 0.4) is 0 Å². The molecule has 1 N–H and O–H groups in total. The number of hydrogen-bond acceptors (Lipinski definition) is 1. The van der Waals surface area contributed by atoms with E-state index in [4.69, 9.17) is 0 Å². The molecular weight excluding hydrogens is 230 g/mol. The second-order valence-electron chi connectivity index (χ2n) is 7.71. The summed E-state index contributed by atoms with van der Waals surface area (Å²) >= 11 is 0. The quantitative estimate of drug-likeness (QED) is 0.678. The lowest BCUT2D eigenvalue weighted by Gasteiger charge is -2.32. The van der Waals surface area contributed by atoms with E-state index in [1.54, 1.807) is 0 Å². The predicted octanol–water partition coefficient (Wildman–Crippen LogP) is 5.68. The van der Waals surface area contributed by atoms with Crippen molar-refractivity contribution in [2.24, 2.45) is 5.41 Å². The summed E-state index contributed by atoms with van der Waals surface area (Å²) in [5.74, 6) is 0. The van der Waals surface area contributed by atoms with Crippen LogP contribution in [0.1, 0.15) is 98.3 Å². The SMILES string of the molecule is CC(NC1CCCCCCCCCCC1)C(C)(C)C. The van der Waals surface area contributed by atoms with Crippen molar-refractivity contribution in [1.82, 2.24) is 5.32 Å². The Labute approximate surface area is 121 Å². The fourth-order valence-corrected chi connectivity index (χ4v) is 2.93. The third-order valence-corrected chi connectivity index (χ3v) is 4.89. The van der Waals surface area contributed by atoms with Crippen molar-refractivity contribution < 1.29 is 0 Å². The fraction of sp³-hybridized carbons (Fsp3) is 1.00. The average molecular weight is 268 g/mol. The van der Waals surface area contributed by atoms with Crippen LogP contribution in [-0.2, 0) is 0 Å². The molecule has 0 aliphatic heterocycles. The monoisotopic (exact) mass is 267 g/mol. The molecule has 0 aromatic rings. The molecule has 1 atom stereocenters. The Kier molecular flexibility index (Phi) is 8.06. The van der Waals surface area contributed by atoms with Crippen LogP contribution in [0.25, 0.3) is 0 Å². The van der Waals surface area contributed by atoms with Crippen molar-refractivity contribution in [3.8, 4) is 0 Å². The molecular formula is C18H37N. The first-order valence-corrected chi connectivity index (χ1v) is 8.76. The van der Waals surface area contributed by atoms with Crippen LogP contribution in [0, 0.1) is 5.41 Å². The van der Waals surface area contributed by atoms with Crippen molar-refractivity contribution in [2.45, 2.75) is 110 Å². The van der Waals surface area contributed by atoms with E-state index in [9.17, 15) is 0 Å². The van der Waals surface area contributed by atoms with Gasteiger partial charge in [-0.25, -0.2) is 0 Å². The van der Waals surface area contributed by atoms with Gasteiger partial charge in [-0.05, 0) is 25.2 Å². The topological polar surface area (TPSA) is 12.0 Å². The largest absolute Gasteiger partial charge is 0.311 e. The van der Waals surface area contributed by atoms with Gasteiger partial charge in [-0.1, -0.05) is 78.6 Å². The molecule has 0 aromatic carbocycles. The highest BCUT2D eigenvalue weighted by Gasteiger charge is 2.22. The summed E-state index contributed by atoms with van der Waals surface area (Å²) < 4.78 is 0. The molecule has 114 valence electrons. The number of nitrogens with one attached hydrogen (secondary N) is 1. The van der Waals surface area contributed by atoms with Crippen LogP contribution >= 0.6 is 0 Å². The van der Waals surface area contributed by atoms with Gasteiger partial charge in [0.15, 0.2) is 0 Å². The minimum absolute atomic E-state index is 0.379. The van der Waals surface area contributed by atoms with Gasteiger partial charge in [0.05, 0.1) is 0 Å². The molecule has 0 amide bonds. The third-order valence-electron chi connectivity index (χ3n) is 4.89. The minimum atomic E-state index is 0.379. The summed E-state index contributed by atoms with van der Waals surface area (Å²) in [4.78, 5) is 0. The first-order valence-electron chi connectivity index (χ1n) is 8.76. The molecule has 1 nitrogen and oxygen atoms in total. The van der Waals surface area contributed by atoms with E-state index >= 15 is 0 Å². The van der Waals surface area contributed by atoms with Crippen LogP contribution in [0.2, 0.25) is 0 Å². The van der Waals surface area contributed by atoms with Crippen molar-refractivity contribution >= 4 is 0 Å². The Bertz CT molecular complexity index is 204. The highest BCUT2D eigenvalue weighted by molar-refractivity contribution is 4.80. The molecule has 0 aromatic heterocycles. The fourth-order valence-electron chi connectivity index (χ4n) is 2.93. The van der Waals surface area contributed by atoms with Crippen LogP contribution in [0.15, 0.2) is 0 Å². The maximum Gasteiger partial charge on any atom is 0.00898 e. The van der Waals surface area contributed by atoms with Gasteiger partial charge in [0.1, 0.15) is 0 Å². The molecule has 0 bridgehead atoms. The maximum atomic E-state index is 3.91. The van der Waals surface area contributed by atoms with E-state index in [1.165, 1.54) is 70.6 Å². The third kappa shape index (κ3) is 7.97. The van der Waals surface area contributed by atoms with Gasteiger partial charge in [0.2, 0.25) is 0 Å². The average Bonchev–Trinajstić information content (AvgIpc) is 2.31. The van der Waals surface area contributed by atoms with Gasteiger partial charge < -0.3 is 5.32 Å². The first-order chi connectivity index (χ1) is 9.00.